The van der Waals surface area contributed by atoms with Gasteiger partial charge in [-0.05, 0) is 19.8 Å². The maximum absolute atomic E-state index is 12.9. The second-order valence-corrected chi connectivity index (χ2v) is 6.03. The maximum atomic E-state index is 12.9. The molecular weight excluding hydrogens is 296 g/mol. The summed E-state index contributed by atoms with van der Waals surface area (Å²) < 4.78 is 7.19. The molecule has 0 aliphatic carbocycles. The van der Waals surface area contributed by atoms with Crippen LogP contribution in [-0.4, -0.2) is 52.3 Å². The highest BCUT2D eigenvalue weighted by molar-refractivity contribution is 5.98. The van der Waals surface area contributed by atoms with Gasteiger partial charge in [-0.2, -0.15) is 5.10 Å². The summed E-state index contributed by atoms with van der Waals surface area (Å²) in [6.45, 7) is 6.47. The van der Waals surface area contributed by atoms with E-state index in [0.717, 1.165) is 18.5 Å². The third-order valence-corrected chi connectivity index (χ3v) is 4.75. The monoisotopic (exact) mass is 322 g/mol. The molecule has 1 aromatic heterocycles. The van der Waals surface area contributed by atoms with Gasteiger partial charge in [0.15, 0.2) is 0 Å². The van der Waals surface area contributed by atoms with Crippen molar-refractivity contribution in [1.29, 1.82) is 0 Å². The van der Waals surface area contributed by atoms with Crippen LogP contribution in [-0.2, 0) is 9.53 Å². The zero-order valence-corrected chi connectivity index (χ0v) is 14.3. The molecule has 0 spiro atoms. The number of carbonyl (C=O) groups excluding carboxylic acids is 2. The van der Waals surface area contributed by atoms with E-state index in [0.29, 0.717) is 18.5 Å². The number of aromatic nitrogens is 2. The third kappa shape index (κ3) is 3.24. The number of primary amides is 1. The van der Waals surface area contributed by atoms with E-state index >= 15 is 0 Å². The summed E-state index contributed by atoms with van der Waals surface area (Å²) in [5, 5.41) is 4.38. The number of ether oxygens (including phenoxy) is 1. The normalized spacial score (nSPS) is 21.2. The number of carbonyl (C=O) groups is 2. The number of likely N-dealkylation sites (tertiary alicyclic amines) is 1. The van der Waals surface area contributed by atoms with Crippen molar-refractivity contribution in [3.8, 4) is 0 Å². The van der Waals surface area contributed by atoms with Crippen LogP contribution in [0.15, 0.2) is 6.20 Å². The van der Waals surface area contributed by atoms with Gasteiger partial charge in [0.2, 0.25) is 5.91 Å². The Hall–Kier alpha value is -1.89. The Kier molecular flexibility index (Phi) is 5.41. The van der Waals surface area contributed by atoms with Crippen molar-refractivity contribution in [3.63, 3.8) is 0 Å². The lowest BCUT2D eigenvalue weighted by Crippen LogP contribution is -2.43. The lowest BCUT2D eigenvalue weighted by molar-refractivity contribution is -0.121. The highest BCUT2D eigenvalue weighted by atomic mass is 16.5. The van der Waals surface area contributed by atoms with Crippen molar-refractivity contribution in [2.75, 3.05) is 13.7 Å². The summed E-state index contributed by atoms with van der Waals surface area (Å²) in [5.41, 5.74) is 6.80. The quantitative estimate of drug-likeness (QED) is 0.854. The van der Waals surface area contributed by atoms with E-state index in [1.54, 1.807) is 13.3 Å². The van der Waals surface area contributed by atoms with E-state index < -0.39 is 11.9 Å². The van der Waals surface area contributed by atoms with Gasteiger partial charge in [0.25, 0.3) is 5.91 Å². The molecule has 2 heterocycles. The zero-order chi connectivity index (χ0) is 17.1. The summed E-state index contributed by atoms with van der Waals surface area (Å²) in [6.07, 6.45) is 3.77. The highest BCUT2D eigenvalue weighted by Gasteiger charge is 2.40. The highest BCUT2D eigenvalue weighted by Crippen LogP contribution is 2.25. The molecule has 1 aliphatic rings. The van der Waals surface area contributed by atoms with Crippen molar-refractivity contribution in [2.45, 2.75) is 58.2 Å². The average molecular weight is 322 g/mol. The van der Waals surface area contributed by atoms with E-state index in [1.807, 2.05) is 11.6 Å². The molecule has 1 fully saturated rings. The van der Waals surface area contributed by atoms with Gasteiger partial charge < -0.3 is 15.4 Å². The van der Waals surface area contributed by atoms with Crippen LogP contribution in [0.25, 0.3) is 0 Å². The Morgan fingerprint density at radius 1 is 1.43 bits per heavy atom. The molecule has 0 unspecified atom stereocenters. The van der Waals surface area contributed by atoms with Crippen LogP contribution in [0.1, 0.15) is 55.2 Å². The number of nitrogens with zero attached hydrogens (tertiary/aromatic N) is 3. The minimum Gasteiger partial charge on any atom is -0.380 e. The van der Waals surface area contributed by atoms with E-state index in [-0.39, 0.29) is 18.1 Å². The van der Waals surface area contributed by atoms with Crippen molar-refractivity contribution in [1.82, 2.24) is 14.7 Å². The van der Waals surface area contributed by atoms with E-state index in [4.69, 9.17) is 10.5 Å². The Balaban J connectivity index is 2.28. The van der Waals surface area contributed by atoms with Gasteiger partial charge in [0.05, 0.1) is 23.9 Å². The van der Waals surface area contributed by atoms with Gasteiger partial charge in [-0.3, -0.25) is 14.3 Å². The van der Waals surface area contributed by atoms with Crippen LogP contribution in [0.5, 0.6) is 0 Å². The number of amides is 2. The van der Waals surface area contributed by atoms with Gasteiger partial charge in [-0.25, -0.2) is 0 Å². The first-order valence-electron chi connectivity index (χ1n) is 8.11. The molecule has 7 nitrogen and oxygen atoms in total. The summed E-state index contributed by atoms with van der Waals surface area (Å²) in [6, 6.07) is -0.350. The van der Waals surface area contributed by atoms with Crippen molar-refractivity contribution in [2.24, 2.45) is 5.73 Å². The molecule has 2 amide bonds. The fourth-order valence-electron chi connectivity index (χ4n) is 3.25. The second-order valence-electron chi connectivity index (χ2n) is 6.03. The minimum atomic E-state index is -0.622. The maximum Gasteiger partial charge on any atom is 0.258 e. The third-order valence-electron chi connectivity index (χ3n) is 4.75. The Morgan fingerprint density at radius 2 is 2.09 bits per heavy atom. The molecule has 2 rings (SSSR count). The molecule has 128 valence electrons. The Labute approximate surface area is 136 Å². The summed E-state index contributed by atoms with van der Waals surface area (Å²) in [4.78, 5) is 26.0. The summed E-state index contributed by atoms with van der Waals surface area (Å²) in [7, 11) is 1.58. The minimum absolute atomic E-state index is 0.161. The fraction of sp³-hybridized carbons (Fsp3) is 0.688. The summed E-state index contributed by atoms with van der Waals surface area (Å²) >= 11 is 0. The van der Waals surface area contributed by atoms with E-state index in [1.165, 1.54) is 4.90 Å². The number of nitrogens with two attached hydrogens (primary N) is 1. The molecular formula is C16H26N4O3. The molecule has 23 heavy (non-hydrogen) atoms. The molecule has 1 saturated heterocycles. The smallest absolute Gasteiger partial charge is 0.258 e. The second kappa shape index (κ2) is 7.12. The number of hydrogen-bond acceptors (Lipinski definition) is 4. The van der Waals surface area contributed by atoms with Crippen LogP contribution >= 0.6 is 0 Å². The van der Waals surface area contributed by atoms with Crippen LogP contribution in [0.2, 0.25) is 0 Å². The molecule has 1 aliphatic heterocycles. The van der Waals surface area contributed by atoms with E-state index in [9.17, 15) is 9.59 Å². The van der Waals surface area contributed by atoms with Crippen LogP contribution < -0.4 is 5.73 Å². The van der Waals surface area contributed by atoms with Gasteiger partial charge >= 0.3 is 0 Å². The van der Waals surface area contributed by atoms with Gasteiger partial charge in [0, 0.05) is 25.8 Å². The largest absolute Gasteiger partial charge is 0.380 e. The van der Waals surface area contributed by atoms with Crippen molar-refractivity contribution in [3.05, 3.63) is 17.5 Å². The molecule has 2 N–H and O–H groups in total. The standard InChI is InChI=1S/C16H26N4O3/c1-5-11(6-2)20-10(3)13(8-18-20)16(22)19-9-12(23-4)7-14(19)15(17)21/h8,11-12,14H,5-7,9H2,1-4H3,(H2,17,21)/t12-,14-/m0/s1. The number of rotatable bonds is 6. The Bertz CT molecular complexity index is 580. The topological polar surface area (TPSA) is 90.4 Å². The molecule has 2 atom stereocenters. The lowest BCUT2D eigenvalue weighted by atomic mass is 10.1. The van der Waals surface area contributed by atoms with Crippen LogP contribution in [0, 0.1) is 6.92 Å². The molecule has 1 aromatic rings. The first kappa shape index (κ1) is 17.5. The predicted molar refractivity (Wildman–Crippen MR) is 86.0 cm³/mol. The van der Waals surface area contributed by atoms with Crippen LogP contribution in [0.3, 0.4) is 0 Å². The summed E-state index contributed by atoms with van der Waals surface area (Å²) in [5.74, 6) is -0.703. The fourth-order valence-corrected chi connectivity index (χ4v) is 3.25. The average Bonchev–Trinajstić information content (AvgIpc) is 3.13. The first-order valence-corrected chi connectivity index (χ1v) is 8.11. The molecule has 0 radical (unpaired) electrons. The van der Waals surface area contributed by atoms with E-state index in [2.05, 4.69) is 18.9 Å². The lowest BCUT2D eigenvalue weighted by Gasteiger charge is -2.22. The molecule has 0 bridgehead atoms. The molecule has 0 aromatic carbocycles. The molecule has 0 saturated carbocycles. The number of methoxy groups -OCH3 is 1. The van der Waals surface area contributed by atoms with Gasteiger partial charge in [-0.1, -0.05) is 13.8 Å². The predicted octanol–water partition coefficient (Wildman–Crippen LogP) is 1.27. The Morgan fingerprint density at radius 3 is 2.61 bits per heavy atom. The van der Waals surface area contributed by atoms with Crippen molar-refractivity contribution < 1.29 is 14.3 Å². The van der Waals surface area contributed by atoms with Crippen molar-refractivity contribution >= 4 is 11.8 Å². The SMILES string of the molecule is CCC(CC)n1ncc(C(=O)N2C[C@@H](OC)C[C@H]2C(N)=O)c1C. The molecule has 7 heteroatoms. The first-order chi connectivity index (χ1) is 10.9. The van der Waals surface area contributed by atoms with Gasteiger partial charge in [-0.15, -0.1) is 0 Å². The number of hydrogen-bond donors (Lipinski definition) is 1. The van der Waals surface area contributed by atoms with Crippen LogP contribution in [0.4, 0.5) is 0 Å². The zero-order valence-electron chi connectivity index (χ0n) is 14.3. The van der Waals surface area contributed by atoms with Gasteiger partial charge in [0.1, 0.15) is 6.04 Å².